The lowest BCUT2D eigenvalue weighted by atomic mass is 10.00. The van der Waals surface area contributed by atoms with E-state index in [1.54, 1.807) is 0 Å². The molecule has 1 aromatic heterocycles. The predicted octanol–water partition coefficient (Wildman–Crippen LogP) is 4.31. The minimum Gasteiger partial charge on any atom is -0.493 e. The van der Waals surface area contributed by atoms with Crippen LogP contribution in [0.1, 0.15) is 43.7 Å². The highest BCUT2D eigenvalue weighted by Gasteiger charge is 2.20. The van der Waals surface area contributed by atoms with Crippen molar-refractivity contribution in [3.05, 3.63) is 46.7 Å². The number of benzene rings is 1. The molecule has 0 radical (unpaired) electrons. The number of hydrogen-bond donors (Lipinski definition) is 0. The number of hydrogen-bond acceptors (Lipinski definition) is 3. The molecule has 0 amide bonds. The minimum absolute atomic E-state index is 0.653. The van der Waals surface area contributed by atoms with E-state index in [-0.39, 0.29) is 0 Å². The van der Waals surface area contributed by atoms with Gasteiger partial charge in [-0.15, -0.1) is 0 Å². The minimum atomic E-state index is 0.653. The van der Waals surface area contributed by atoms with Gasteiger partial charge in [-0.2, -0.15) is 5.10 Å². The third kappa shape index (κ3) is 4.99. The number of likely N-dealkylation sites (tertiary alicyclic amines) is 1. The van der Waals surface area contributed by atoms with E-state index in [4.69, 9.17) is 16.3 Å². The van der Waals surface area contributed by atoms with Crippen molar-refractivity contribution in [2.45, 2.75) is 45.1 Å². The molecule has 1 atom stereocenters. The van der Waals surface area contributed by atoms with Crippen LogP contribution in [0.15, 0.2) is 30.6 Å². The summed E-state index contributed by atoms with van der Waals surface area (Å²) in [6.07, 6.45) is 9.78. The van der Waals surface area contributed by atoms with Gasteiger partial charge in [0, 0.05) is 30.7 Å². The summed E-state index contributed by atoms with van der Waals surface area (Å²) in [5.74, 6) is 0.898. The Bertz CT molecular complexity index is 685. The van der Waals surface area contributed by atoms with E-state index in [9.17, 15) is 0 Å². The van der Waals surface area contributed by atoms with E-state index < -0.39 is 0 Å². The number of nitrogens with zero attached hydrogens (tertiary/aromatic N) is 3. The summed E-state index contributed by atoms with van der Waals surface area (Å²) in [6, 6.07) is 6.58. The van der Waals surface area contributed by atoms with Crippen molar-refractivity contribution < 1.29 is 4.74 Å². The van der Waals surface area contributed by atoms with Gasteiger partial charge < -0.3 is 9.64 Å². The normalized spacial score (nSPS) is 18.4. The van der Waals surface area contributed by atoms with Crippen LogP contribution in [0.25, 0.3) is 0 Å². The topological polar surface area (TPSA) is 30.3 Å². The van der Waals surface area contributed by atoms with Crippen LogP contribution in [-0.4, -0.2) is 40.4 Å². The summed E-state index contributed by atoms with van der Waals surface area (Å²) in [6.45, 7) is 5.35. The number of aryl methyl sites for hydroxylation is 1. The lowest BCUT2D eigenvalue weighted by molar-refractivity contribution is 0.130. The van der Waals surface area contributed by atoms with Crippen LogP contribution in [0.3, 0.4) is 0 Å². The Morgan fingerprint density at radius 2 is 2.20 bits per heavy atom. The Hall–Kier alpha value is -1.52. The van der Waals surface area contributed by atoms with Crippen molar-refractivity contribution >= 4 is 11.6 Å². The van der Waals surface area contributed by atoms with E-state index >= 15 is 0 Å². The first-order chi connectivity index (χ1) is 12.2. The number of piperidine rings is 1. The molecule has 1 aromatic carbocycles. The molecule has 3 rings (SSSR count). The second-order valence-electron chi connectivity index (χ2n) is 6.87. The van der Waals surface area contributed by atoms with Gasteiger partial charge in [-0.1, -0.05) is 31.0 Å². The second-order valence-corrected chi connectivity index (χ2v) is 7.30. The average Bonchev–Trinajstić information content (AvgIpc) is 3.02. The van der Waals surface area contributed by atoms with Crippen molar-refractivity contribution in [3.8, 4) is 5.75 Å². The summed E-state index contributed by atoms with van der Waals surface area (Å²) in [5, 5.41) is 4.97. The maximum absolute atomic E-state index is 6.19. The SMILES string of the molecule is CCN1CCCCC1CCOc1cc(Cl)ccc1Cc1cnn(C)c1. The second kappa shape index (κ2) is 8.72. The van der Waals surface area contributed by atoms with Gasteiger partial charge in [0.05, 0.1) is 12.8 Å². The molecule has 25 heavy (non-hydrogen) atoms. The molecule has 2 aromatic rings. The molecule has 0 bridgehead atoms. The van der Waals surface area contributed by atoms with E-state index in [1.165, 1.54) is 31.4 Å². The van der Waals surface area contributed by atoms with Gasteiger partial charge in [-0.3, -0.25) is 4.68 Å². The third-order valence-electron chi connectivity index (χ3n) is 5.05. The van der Waals surface area contributed by atoms with Gasteiger partial charge in [0.2, 0.25) is 0 Å². The molecule has 4 nitrogen and oxygen atoms in total. The van der Waals surface area contributed by atoms with E-state index in [0.717, 1.165) is 42.3 Å². The standard InChI is InChI=1S/C20H28ClN3O/c1-3-24-10-5-4-6-19(24)9-11-25-20-13-18(21)8-7-17(20)12-16-14-22-23(2)15-16/h7-8,13-15,19H,3-6,9-12H2,1-2H3. The summed E-state index contributed by atoms with van der Waals surface area (Å²) in [5.41, 5.74) is 2.34. The van der Waals surface area contributed by atoms with Crippen LogP contribution in [0.2, 0.25) is 5.02 Å². The van der Waals surface area contributed by atoms with Crippen LogP contribution in [0.4, 0.5) is 0 Å². The number of rotatable bonds is 7. The monoisotopic (exact) mass is 361 g/mol. The first-order valence-electron chi connectivity index (χ1n) is 9.28. The lowest BCUT2D eigenvalue weighted by Crippen LogP contribution is -2.40. The first-order valence-corrected chi connectivity index (χ1v) is 9.66. The van der Waals surface area contributed by atoms with Crippen molar-refractivity contribution in [1.29, 1.82) is 0 Å². The Kier molecular flexibility index (Phi) is 6.38. The molecular formula is C20H28ClN3O. The third-order valence-corrected chi connectivity index (χ3v) is 5.28. The zero-order valence-electron chi connectivity index (χ0n) is 15.2. The molecule has 2 heterocycles. The summed E-state index contributed by atoms with van der Waals surface area (Å²) in [7, 11) is 1.94. The molecule has 1 unspecified atom stereocenters. The van der Waals surface area contributed by atoms with Crippen molar-refractivity contribution in [3.63, 3.8) is 0 Å². The van der Waals surface area contributed by atoms with Gasteiger partial charge in [-0.25, -0.2) is 0 Å². The maximum atomic E-state index is 6.19. The Labute approximate surface area is 155 Å². The molecule has 1 saturated heterocycles. The van der Waals surface area contributed by atoms with Crippen LogP contribution in [0, 0.1) is 0 Å². The molecule has 0 aliphatic carbocycles. The molecule has 0 spiro atoms. The molecule has 0 N–H and O–H groups in total. The Balaban J connectivity index is 1.62. The summed E-state index contributed by atoms with van der Waals surface area (Å²) in [4.78, 5) is 2.58. The highest BCUT2D eigenvalue weighted by molar-refractivity contribution is 6.30. The van der Waals surface area contributed by atoms with Crippen molar-refractivity contribution in [1.82, 2.24) is 14.7 Å². The Morgan fingerprint density at radius 1 is 1.32 bits per heavy atom. The van der Waals surface area contributed by atoms with Crippen molar-refractivity contribution in [2.75, 3.05) is 19.7 Å². The van der Waals surface area contributed by atoms with Crippen LogP contribution in [0.5, 0.6) is 5.75 Å². The molecule has 136 valence electrons. The van der Waals surface area contributed by atoms with Gasteiger partial charge in [0.25, 0.3) is 0 Å². The fourth-order valence-corrected chi connectivity index (χ4v) is 3.86. The quantitative estimate of drug-likeness (QED) is 0.736. The zero-order chi connectivity index (χ0) is 17.6. The summed E-state index contributed by atoms with van der Waals surface area (Å²) >= 11 is 6.19. The van der Waals surface area contributed by atoms with Gasteiger partial charge in [0.1, 0.15) is 5.75 Å². The fraction of sp³-hybridized carbons (Fsp3) is 0.550. The molecular weight excluding hydrogens is 334 g/mol. The zero-order valence-corrected chi connectivity index (χ0v) is 16.0. The average molecular weight is 362 g/mol. The van der Waals surface area contributed by atoms with Gasteiger partial charge >= 0.3 is 0 Å². The number of halogens is 1. The first kappa shape index (κ1) is 18.3. The van der Waals surface area contributed by atoms with Crippen LogP contribution in [-0.2, 0) is 13.5 Å². The number of aromatic nitrogens is 2. The highest BCUT2D eigenvalue weighted by atomic mass is 35.5. The molecule has 1 fully saturated rings. The number of ether oxygens (including phenoxy) is 1. The largest absolute Gasteiger partial charge is 0.493 e. The van der Waals surface area contributed by atoms with Crippen LogP contribution >= 0.6 is 11.6 Å². The summed E-state index contributed by atoms with van der Waals surface area (Å²) < 4.78 is 7.98. The van der Waals surface area contributed by atoms with Crippen LogP contribution < -0.4 is 4.74 Å². The maximum Gasteiger partial charge on any atom is 0.124 e. The predicted molar refractivity (Wildman–Crippen MR) is 102 cm³/mol. The van der Waals surface area contributed by atoms with E-state index in [0.29, 0.717) is 6.04 Å². The van der Waals surface area contributed by atoms with E-state index in [2.05, 4.69) is 23.0 Å². The molecule has 5 heteroatoms. The molecule has 1 aliphatic heterocycles. The lowest BCUT2D eigenvalue weighted by Gasteiger charge is -2.34. The van der Waals surface area contributed by atoms with Gasteiger partial charge in [-0.05, 0) is 55.6 Å². The highest BCUT2D eigenvalue weighted by Crippen LogP contribution is 2.27. The smallest absolute Gasteiger partial charge is 0.124 e. The Morgan fingerprint density at radius 3 is 2.96 bits per heavy atom. The van der Waals surface area contributed by atoms with Gasteiger partial charge in [0.15, 0.2) is 0 Å². The van der Waals surface area contributed by atoms with Crippen molar-refractivity contribution in [2.24, 2.45) is 7.05 Å². The van der Waals surface area contributed by atoms with E-state index in [1.807, 2.05) is 36.3 Å². The fourth-order valence-electron chi connectivity index (χ4n) is 3.70. The molecule has 0 saturated carbocycles. The molecule has 1 aliphatic rings.